The van der Waals surface area contributed by atoms with Crippen molar-refractivity contribution >= 4 is 23.0 Å². The molecule has 0 saturated carbocycles. The van der Waals surface area contributed by atoms with Crippen molar-refractivity contribution in [2.75, 3.05) is 13.7 Å². The van der Waals surface area contributed by atoms with Gasteiger partial charge in [0.1, 0.15) is 35.4 Å². The molecule has 2 aliphatic rings. The lowest BCUT2D eigenvalue weighted by molar-refractivity contribution is -0.205. The standard InChI is InChI=1S/C27H34N2O6S/c1-27(2,3)35-26(31)29(4)25-28-21-23(33-17-19-13-9-6-10-14-19)22(20(15-30)34-24(21)36-25)32-16-18-11-7-5-8-12-18/h5-14,20-24,30H,15-17H2,1-4H3. The zero-order chi connectivity index (χ0) is 25.7. The molecule has 9 heteroatoms. The van der Waals surface area contributed by atoms with Crippen LogP contribution in [0.2, 0.25) is 0 Å². The average Bonchev–Trinajstić information content (AvgIpc) is 3.29. The third-order valence-electron chi connectivity index (χ3n) is 5.80. The maximum absolute atomic E-state index is 12.7. The summed E-state index contributed by atoms with van der Waals surface area (Å²) in [6.45, 7) is 5.92. The van der Waals surface area contributed by atoms with Gasteiger partial charge in [-0.1, -0.05) is 72.4 Å². The molecule has 2 heterocycles. The number of carbonyl (C=O) groups is 1. The Hall–Kier alpha value is -2.43. The number of hydrogen-bond donors (Lipinski definition) is 1. The predicted octanol–water partition coefficient (Wildman–Crippen LogP) is 4.21. The molecule has 0 spiro atoms. The van der Waals surface area contributed by atoms with E-state index in [1.54, 1.807) is 7.05 Å². The molecule has 36 heavy (non-hydrogen) atoms. The first-order chi connectivity index (χ1) is 17.2. The van der Waals surface area contributed by atoms with Crippen LogP contribution in [0.5, 0.6) is 0 Å². The Morgan fingerprint density at radius 3 is 2.08 bits per heavy atom. The van der Waals surface area contributed by atoms with Crippen molar-refractivity contribution in [1.82, 2.24) is 4.90 Å². The Morgan fingerprint density at radius 1 is 1.00 bits per heavy atom. The highest BCUT2D eigenvalue weighted by Gasteiger charge is 2.51. The van der Waals surface area contributed by atoms with Crippen LogP contribution in [0, 0.1) is 0 Å². The molecule has 1 fully saturated rings. The van der Waals surface area contributed by atoms with Crippen LogP contribution in [0.15, 0.2) is 65.7 Å². The lowest BCUT2D eigenvalue weighted by atomic mass is 9.97. The number of carbonyl (C=O) groups excluding carboxylic acids is 1. The molecule has 0 radical (unpaired) electrons. The fourth-order valence-corrected chi connectivity index (χ4v) is 5.21. The maximum Gasteiger partial charge on any atom is 0.416 e. The SMILES string of the molecule is CN(C(=O)OC(C)(C)C)C1=NC2C(OC(CO)C(OCc3ccccc3)C2OCc2ccccc2)S1. The van der Waals surface area contributed by atoms with Crippen LogP contribution >= 0.6 is 11.8 Å². The third kappa shape index (κ3) is 6.66. The van der Waals surface area contributed by atoms with Crippen LogP contribution in [0.3, 0.4) is 0 Å². The van der Waals surface area contributed by atoms with E-state index in [0.29, 0.717) is 18.4 Å². The summed E-state index contributed by atoms with van der Waals surface area (Å²) in [6.07, 6.45) is -2.16. The van der Waals surface area contributed by atoms with Crippen LogP contribution < -0.4 is 0 Å². The summed E-state index contributed by atoms with van der Waals surface area (Å²) in [7, 11) is 1.63. The highest BCUT2D eigenvalue weighted by atomic mass is 32.2. The molecule has 0 aromatic heterocycles. The minimum atomic E-state index is -0.627. The predicted molar refractivity (Wildman–Crippen MR) is 139 cm³/mol. The zero-order valence-electron chi connectivity index (χ0n) is 21.1. The molecule has 194 valence electrons. The maximum atomic E-state index is 12.7. The van der Waals surface area contributed by atoms with E-state index < -0.39 is 41.5 Å². The molecule has 1 amide bonds. The number of thioether (sulfide) groups is 1. The number of aliphatic hydroxyl groups is 1. The summed E-state index contributed by atoms with van der Waals surface area (Å²) in [5, 5.41) is 10.7. The second kappa shape index (κ2) is 11.7. The van der Waals surface area contributed by atoms with Gasteiger partial charge in [0.25, 0.3) is 0 Å². The van der Waals surface area contributed by atoms with E-state index >= 15 is 0 Å². The lowest BCUT2D eigenvalue weighted by Gasteiger charge is -2.42. The van der Waals surface area contributed by atoms with Crippen molar-refractivity contribution in [3.63, 3.8) is 0 Å². The number of amides is 1. The Labute approximate surface area is 216 Å². The minimum absolute atomic E-state index is 0.230. The number of aliphatic imine (C=N–C) groups is 1. The largest absolute Gasteiger partial charge is 0.443 e. The Morgan fingerprint density at radius 2 is 1.56 bits per heavy atom. The van der Waals surface area contributed by atoms with Gasteiger partial charge in [0.15, 0.2) is 5.17 Å². The summed E-state index contributed by atoms with van der Waals surface area (Å²) < 4.78 is 24.4. The van der Waals surface area contributed by atoms with Crippen LogP contribution in [0.4, 0.5) is 4.79 Å². The summed E-state index contributed by atoms with van der Waals surface area (Å²) >= 11 is 1.32. The van der Waals surface area contributed by atoms with Crippen LogP contribution in [-0.2, 0) is 32.2 Å². The number of nitrogens with zero attached hydrogens (tertiary/aromatic N) is 2. The molecule has 4 rings (SSSR count). The summed E-state index contributed by atoms with van der Waals surface area (Å²) in [6, 6.07) is 19.3. The number of amidine groups is 1. The number of rotatable bonds is 7. The normalized spacial score (nSPS) is 25.7. The molecule has 2 aromatic carbocycles. The van der Waals surface area contributed by atoms with Crippen molar-refractivity contribution in [1.29, 1.82) is 0 Å². The molecule has 8 nitrogen and oxygen atoms in total. The molecule has 0 aliphatic carbocycles. The van der Waals surface area contributed by atoms with E-state index in [0.717, 1.165) is 11.1 Å². The fourth-order valence-electron chi connectivity index (χ4n) is 4.03. The summed E-state index contributed by atoms with van der Waals surface area (Å²) in [5.74, 6) is 0. The van der Waals surface area contributed by atoms with E-state index in [-0.39, 0.29) is 6.61 Å². The van der Waals surface area contributed by atoms with E-state index in [2.05, 4.69) is 0 Å². The van der Waals surface area contributed by atoms with Gasteiger partial charge in [0, 0.05) is 7.05 Å². The van der Waals surface area contributed by atoms with Crippen LogP contribution in [0.25, 0.3) is 0 Å². The average molecular weight is 515 g/mol. The quantitative estimate of drug-likeness (QED) is 0.592. The van der Waals surface area contributed by atoms with Crippen molar-refractivity contribution in [3.8, 4) is 0 Å². The lowest BCUT2D eigenvalue weighted by Crippen LogP contribution is -2.57. The molecule has 0 bridgehead atoms. The van der Waals surface area contributed by atoms with Crippen molar-refractivity contribution < 1.29 is 28.8 Å². The molecule has 2 aromatic rings. The van der Waals surface area contributed by atoms with E-state index in [4.69, 9.17) is 23.9 Å². The number of ether oxygens (including phenoxy) is 4. The molecule has 2 aliphatic heterocycles. The van der Waals surface area contributed by atoms with Crippen molar-refractivity contribution in [3.05, 3.63) is 71.8 Å². The van der Waals surface area contributed by atoms with Gasteiger partial charge in [0.2, 0.25) is 0 Å². The number of benzene rings is 2. The number of aliphatic hydroxyl groups excluding tert-OH is 1. The van der Waals surface area contributed by atoms with E-state index in [1.165, 1.54) is 16.7 Å². The van der Waals surface area contributed by atoms with Gasteiger partial charge in [0.05, 0.1) is 19.8 Å². The van der Waals surface area contributed by atoms with Gasteiger partial charge in [-0.05, 0) is 31.9 Å². The summed E-state index contributed by atoms with van der Waals surface area (Å²) in [5.41, 5.74) is 0.966. The van der Waals surface area contributed by atoms with Crippen molar-refractivity contribution in [2.45, 2.75) is 69.4 Å². The second-order valence-electron chi connectivity index (χ2n) is 9.81. The first-order valence-electron chi connectivity index (χ1n) is 12.0. The molecule has 1 N–H and O–H groups in total. The molecule has 5 unspecified atom stereocenters. The Kier molecular flexibility index (Phi) is 8.69. The Balaban J connectivity index is 1.56. The van der Waals surface area contributed by atoms with Crippen LogP contribution in [-0.4, -0.2) is 70.3 Å². The minimum Gasteiger partial charge on any atom is -0.443 e. The first-order valence-corrected chi connectivity index (χ1v) is 12.9. The van der Waals surface area contributed by atoms with Crippen molar-refractivity contribution in [2.24, 2.45) is 4.99 Å². The number of fused-ring (bicyclic) bond motifs is 1. The van der Waals surface area contributed by atoms with Gasteiger partial charge < -0.3 is 24.1 Å². The van der Waals surface area contributed by atoms with Crippen LogP contribution in [0.1, 0.15) is 31.9 Å². The topological polar surface area (TPSA) is 89.8 Å². The molecular weight excluding hydrogens is 480 g/mol. The van der Waals surface area contributed by atoms with E-state index in [1.807, 2.05) is 81.4 Å². The molecule has 5 atom stereocenters. The first kappa shape index (κ1) is 26.6. The van der Waals surface area contributed by atoms with E-state index in [9.17, 15) is 9.90 Å². The fraction of sp³-hybridized carbons (Fsp3) is 0.481. The van der Waals surface area contributed by atoms with Gasteiger partial charge in [-0.3, -0.25) is 9.89 Å². The smallest absolute Gasteiger partial charge is 0.416 e. The van der Waals surface area contributed by atoms with Gasteiger partial charge in [-0.2, -0.15) is 0 Å². The number of hydrogen-bond acceptors (Lipinski definition) is 8. The monoisotopic (exact) mass is 514 g/mol. The highest BCUT2D eigenvalue weighted by Crippen LogP contribution is 2.40. The van der Waals surface area contributed by atoms with Gasteiger partial charge in [-0.15, -0.1) is 0 Å². The highest BCUT2D eigenvalue weighted by molar-refractivity contribution is 8.14. The second-order valence-corrected chi connectivity index (χ2v) is 10.9. The summed E-state index contributed by atoms with van der Waals surface area (Å²) in [4.78, 5) is 18.9. The zero-order valence-corrected chi connectivity index (χ0v) is 21.9. The van der Waals surface area contributed by atoms with Gasteiger partial charge in [-0.25, -0.2) is 4.79 Å². The molecular formula is C27H34N2O6S. The Bertz CT molecular complexity index is 1030. The molecule has 1 saturated heterocycles. The van der Waals surface area contributed by atoms with Gasteiger partial charge >= 0.3 is 6.09 Å². The third-order valence-corrected chi connectivity index (χ3v) is 7.01.